The van der Waals surface area contributed by atoms with E-state index >= 15 is 0 Å². The second kappa shape index (κ2) is 14.2. The van der Waals surface area contributed by atoms with Crippen LogP contribution in [0.15, 0.2) is 18.3 Å². The van der Waals surface area contributed by atoms with Gasteiger partial charge in [0.05, 0.1) is 13.1 Å². The van der Waals surface area contributed by atoms with Gasteiger partial charge in [-0.3, -0.25) is 9.59 Å². The quantitative estimate of drug-likeness (QED) is 0.379. The summed E-state index contributed by atoms with van der Waals surface area (Å²) in [5.41, 5.74) is 1.11. The molecule has 1 rings (SSSR count). The normalized spacial score (nSPS) is 11.1. The summed E-state index contributed by atoms with van der Waals surface area (Å²) < 4.78 is 2.05. The highest BCUT2D eigenvalue weighted by Gasteiger charge is 2.23. The Morgan fingerprint density at radius 3 is 2.21 bits per heavy atom. The molecule has 1 aromatic rings. The maximum absolute atomic E-state index is 13.1. The van der Waals surface area contributed by atoms with Crippen LogP contribution in [0.2, 0.25) is 0 Å². The Morgan fingerprint density at radius 2 is 1.62 bits per heavy atom. The summed E-state index contributed by atoms with van der Waals surface area (Å²) in [6, 6.07) is 4.09. The fourth-order valence-corrected chi connectivity index (χ4v) is 3.50. The highest BCUT2D eigenvalue weighted by Crippen LogP contribution is 2.12. The topological polar surface area (TPSA) is 45.6 Å². The fourth-order valence-electron chi connectivity index (χ4n) is 3.50. The van der Waals surface area contributed by atoms with Gasteiger partial charge in [0, 0.05) is 37.9 Å². The van der Waals surface area contributed by atoms with Crippen molar-refractivity contribution < 1.29 is 9.59 Å². The highest BCUT2D eigenvalue weighted by atomic mass is 16.2. The number of unbranched alkanes of at least 4 members (excludes halogenated alkanes) is 6. The number of amides is 2. The molecule has 0 unspecified atom stereocenters. The van der Waals surface area contributed by atoms with Crippen molar-refractivity contribution in [1.29, 1.82) is 0 Å². The third-order valence-electron chi connectivity index (χ3n) is 5.53. The van der Waals surface area contributed by atoms with Gasteiger partial charge in [-0.25, -0.2) is 0 Å². The minimum atomic E-state index is 0.0367. The van der Waals surface area contributed by atoms with Crippen LogP contribution in [0.5, 0.6) is 0 Å². The summed E-state index contributed by atoms with van der Waals surface area (Å²) in [6.07, 6.45) is 11.5. The van der Waals surface area contributed by atoms with Gasteiger partial charge in [0.2, 0.25) is 11.8 Å². The Morgan fingerprint density at radius 1 is 0.966 bits per heavy atom. The van der Waals surface area contributed by atoms with Gasteiger partial charge in [-0.1, -0.05) is 52.4 Å². The molecule has 1 aromatic heterocycles. The summed E-state index contributed by atoms with van der Waals surface area (Å²) >= 11 is 0. The zero-order valence-electron chi connectivity index (χ0n) is 19.5. The molecule has 2 amide bonds. The monoisotopic (exact) mass is 405 g/mol. The van der Waals surface area contributed by atoms with E-state index in [1.54, 1.807) is 4.90 Å². The van der Waals surface area contributed by atoms with Crippen molar-refractivity contribution in [3.8, 4) is 0 Å². The molecule has 0 radical (unpaired) electrons. The van der Waals surface area contributed by atoms with Gasteiger partial charge < -0.3 is 14.4 Å². The van der Waals surface area contributed by atoms with Crippen LogP contribution in [0, 0.1) is 0 Å². The lowest BCUT2D eigenvalue weighted by Crippen LogP contribution is -2.46. The van der Waals surface area contributed by atoms with Gasteiger partial charge in [-0.2, -0.15) is 0 Å². The van der Waals surface area contributed by atoms with Crippen molar-refractivity contribution in [3.05, 3.63) is 24.0 Å². The number of carbonyl (C=O) groups is 2. The van der Waals surface area contributed by atoms with E-state index in [4.69, 9.17) is 0 Å². The third-order valence-corrected chi connectivity index (χ3v) is 5.53. The van der Waals surface area contributed by atoms with Crippen molar-refractivity contribution in [2.75, 3.05) is 13.1 Å². The van der Waals surface area contributed by atoms with Crippen LogP contribution < -0.4 is 0 Å². The first kappa shape index (κ1) is 25.3. The molecule has 1 heterocycles. The first-order valence-electron chi connectivity index (χ1n) is 11.6. The zero-order chi connectivity index (χ0) is 21.6. The van der Waals surface area contributed by atoms with Crippen molar-refractivity contribution >= 4 is 11.8 Å². The smallest absolute Gasteiger partial charge is 0.242 e. The summed E-state index contributed by atoms with van der Waals surface area (Å²) in [6.45, 7) is 9.86. The maximum atomic E-state index is 13.1. The number of aryl methyl sites for hydroxylation is 1. The predicted molar refractivity (Wildman–Crippen MR) is 121 cm³/mol. The number of hydrogen-bond donors (Lipinski definition) is 0. The van der Waals surface area contributed by atoms with E-state index < -0.39 is 0 Å². The van der Waals surface area contributed by atoms with Gasteiger partial charge >= 0.3 is 0 Å². The number of carbonyl (C=O) groups excluding carboxylic acids is 2. The first-order chi connectivity index (χ1) is 13.9. The van der Waals surface area contributed by atoms with Gasteiger partial charge in [-0.05, 0) is 38.8 Å². The second-order valence-corrected chi connectivity index (χ2v) is 8.41. The first-order valence-corrected chi connectivity index (χ1v) is 11.6. The van der Waals surface area contributed by atoms with Crippen LogP contribution >= 0.6 is 0 Å². The highest BCUT2D eigenvalue weighted by molar-refractivity contribution is 5.85. The fraction of sp³-hybridized carbons (Fsp3) is 0.750. The van der Waals surface area contributed by atoms with Crippen molar-refractivity contribution in [2.24, 2.45) is 7.05 Å². The number of rotatable bonds is 15. The summed E-state index contributed by atoms with van der Waals surface area (Å²) in [5, 5.41) is 0. The Balaban J connectivity index is 2.63. The Hall–Kier alpha value is -1.78. The number of aromatic nitrogens is 1. The Kier molecular flexibility index (Phi) is 12.4. The molecule has 0 saturated heterocycles. The third kappa shape index (κ3) is 9.51. The summed E-state index contributed by atoms with van der Waals surface area (Å²) in [5.74, 6) is 0.155. The van der Waals surface area contributed by atoms with Crippen LogP contribution in [-0.2, 0) is 23.2 Å². The van der Waals surface area contributed by atoms with Gasteiger partial charge in [0.25, 0.3) is 0 Å². The molecule has 0 saturated carbocycles. The summed E-state index contributed by atoms with van der Waals surface area (Å²) in [4.78, 5) is 29.5. The van der Waals surface area contributed by atoms with Gasteiger partial charge in [0.1, 0.15) is 0 Å². The second-order valence-electron chi connectivity index (χ2n) is 8.41. The van der Waals surface area contributed by atoms with Crippen molar-refractivity contribution in [2.45, 2.75) is 98.1 Å². The standard InChI is InChI=1S/C24H43N3O2/c1-6-8-10-11-12-13-16-23(28)27(21(3)4)20-24(29)26(18-9-7-2)19-22-15-14-17-25(22)5/h14-15,17,21H,6-13,16,18-20H2,1-5H3. The number of nitrogens with zero attached hydrogens (tertiary/aromatic N) is 3. The van der Waals surface area contributed by atoms with E-state index in [1.165, 1.54) is 25.7 Å². The van der Waals surface area contributed by atoms with E-state index in [2.05, 4.69) is 24.5 Å². The van der Waals surface area contributed by atoms with Crippen LogP contribution in [0.3, 0.4) is 0 Å². The maximum Gasteiger partial charge on any atom is 0.242 e. The molecule has 0 aliphatic carbocycles. The van der Waals surface area contributed by atoms with Gasteiger partial charge in [-0.15, -0.1) is 0 Å². The molecule has 0 bridgehead atoms. The molecule has 0 fully saturated rings. The summed E-state index contributed by atoms with van der Waals surface area (Å²) in [7, 11) is 2.00. The Labute approximate surface area is 178 Å². The van der Waals surface area contributed by atoms with Crippen LogP contribution in [-0.4, -0.2) is 45.3 Å². The lowest BCUT2D eigenvalue weighted by Gasteiger charge is -2.30. The van der Waals surface area contributed by atoms with Crippen LogP contribution in [0.4, 0.5) is 0 Å². The molecular weight excluding hydrogens is 362 g/mol. The number of hydrogen-bond acceptors (Lipinski definition) is 2. The molecule has 5 nitrogen and oxygen atoms in total. The van der Waals surface area contributed by atoms with E-state index in [0.29, 0.717) is 13.0 Å². The SMILES string of the molecule is CCCCCCCCC(=O)N(CC(=O)N(CCCC)Cc1cccn1C)C(C)C. The van der Waals surface area contributed by atoms with E-state index in [-0.39, 0.29) is 24.4 Å². The predicted octanol–water partition coefficient (Wildman–Crippen LogP) is 5.14. The van der Waals surface area contributed by atoms with Crippen LogP contribution in [0.1, 0.15) is 91.2 Å². The molecule has 0 N–H and O–H groups in total. The molecule has 0 atom stereocenters. The minimum Gasteiger partial charge on any atom is -0.353 e. The Bertz CT molecular complexity index is 595. The molecule has 166 valence electrons. The van der Waals surface area contributed by atoms with Gasteiger partial charge in [0.15, 0.2) is 0 Å². The molecule has 0 spiro atoms. The zero-order valence-corrected chi connectivity index (χ0v) is 19.5. The molecule has 29 heavy (non-hydrogen) atoms. The van der Waals surface area contributed by atoms with Crippen molar-refractivity contribution in [3.63, 3.8) is 0 Å². The largest absolute Gasteiger partial charge is 0.353 e. The molecule has 5 heteroatoms. The lowest BCUT2D eigenvalue weighted by atomic mass is 10.1. The molecule has 0 aromatic carbocycles. The minimum absolute atomic E-state index is 0.0367. The van der Waals surface area contributed by atoms with Crippen molar-refractivity contribution in [1.82, 2.24) is 14.4 Å². The van der Waals surface area contributed by atoms with E-state index in [1.807, 2.05) is 38.1 Å². The molecule has 0 aliphatic heterocycles. The molecule has 0 aliphatic rings. The molecular formula is C24H43N3O2. The van der Waals surface area contributed by atoms with Crippen LogP contribution in [0.25, 0.3) is 0 Å². The van der Waals surface area contributed by atoms with E-state index in [9.17, 15) is 9.59 Å². The lowest BCUT2D eigenvalue weighted by molar-refractivity contribution is -0.142. The average molecular weight is 406 g/mol. The van der Waals surface area contributed by atoms with E-state index in [0.717, 1.165) is 37.9 Å². The average Bonchev–Trinajstić information content (AvgIpc) is 3.09.